The van der Waals surface area contributed by atoms with Gasteiger partial charge in [0.15, 0.2) is 0 Å². The van der Waals surface area contributed by atoms with Crippen LogP contribution in [-0.4, -0.2) is 29.8 Å². The first-order valence-electron chi connectivity index (χ1n) is 9.08. The van der Waals surface area contributed by atoms with E-state index in [2.05, 4.69) is 35.7 Å². The molecule has 140 valence electrons. The monoisotopic (exact) mass is 357 g/mol. The van der Waals surface area contributed by atoms with Crippen LogP contribution in [0, 0.1) is 5.92 Å². The predicted octanol–water partition coefficient (Wildman–Crippen LogP) is 2.93. The average Bonchev–Trinajstić information content (AvgIpc) is 2.97. The minimum absolute atomic E-state index is 0.0640. The first-order valence-corrected chi connectivity index (χ1v) is 9.08. The predicted molar refractivity (Wildman–Crippen MR) is 99.9 cm³/mol. The lowest BCUT2D eigenvalue weighted by molar-refractivity contribution is -0.114. The first kappa shape index (κ1) is 18.6. The molecule has 0 unspecified atom stereocenters. The highest BCUT2D eigenvalue weighted by Gasteiger charge is 2.39. The van der Waals surface area contributed by atoms with Crippen molar-refractivity contribution >= 4 is 11.6 Å². The molecule has 0 atom stereocenters. The van der Waals surface area contributed by atoms with E-state index in [1.807, 2.05) is 24.3 Å². The van der Waals surface area contributed by atoms with Crippen molar-refractivity contribution in [2.24, 2.45) is 5.92 Å². The quantitative estimate of drug-likeness (QED) is 0.760. The SMILES string of the molecule is CC(=O)Nc1ccc(CNC2(Cc3cc(CC(C)C)on3)COC2)cc1. The number of carbonyl (C=O) groups is 1. The van der Waals surface area contributed by atoms with Crippen molar-refractivity contribution in [3.8, 4) is 0 Å². The van der Waals surface area contributed by atoms with Crippen LogP contribution < -0.4 is 10.6 Å². The van der Waals surface area contributed by atoms with Crippen molar-refractivity contribution in [1.82, 2.24) is 10.5 Å². The van der Waals surface area contributed by atoms with Gasteiger partial charge in [0.25, 0.3) is 0 Å². The van der Waals surface area contributed by atoms with Gasteiger partial charge < -0.3 is 19.9 Å². The van der Waals surface area contributed by atoms with Crippen molar-refractivity contribution < 1.29 is 14.1 Å². The van der Waals surface area contributed by atoms with Gasteiger partial charge in [-0.2, -0.15) is 0 Å². The van der Waals surface area contributed by atoms with Crippen LogP contribution in [-0.2, 0) is 28.9 Å². The summed E-state index contributed by atoms with van der Waals surface area (Å²) in [5.41, 5.74) is 2.84. The van der Waals surface area contributed by atoms with E-state index in [0.717, 1.165) is 42.1 Å². The van der Waals surface area contributed by atoms with Crippen molar-refractivity contribution in [1.29, 1.82) is 0 Å². The second kappa shape index (κ2) is 8.01. The minimum atomic E-state index is -0.0950. The number of carbonyl (C=O) groups excluding carboxylic acids is 1. The van der Waals surface area contributed by atoms with Crippen LogP contribution in [0.2, 0.25) is 0 Å². The number of anilines is 1. The summed E-state index contributed by atoms with van der Waals surface area (Å²) in [6.07, 6.45) is 1.70. The lowest BCUT2D eigenvalue weighted by Crippen LogP contribution is -2.61. The highest BCUT2D eigenvalue weighted by atomic mass is 16.5. The summed E-state index contributed by atoms with van der Waals surface area (Å²) in [5.74, 6) is 1.43. The fourth-order valence-electron chi connectivity index (χ4n) is 3.10. The Bertz CT molecular complexity index is 733. The zero-order valence-electron chi connectivity index (χ0n) is 15.7. The number of aromatic nitrogens is 1. The maximum atomic E-state index is 11.1. The molecule has 1 amide bonds. The molecule has 1 saturated heterocycles. The van der Waals surface area contributed by atoms with E-state index in [1.54, 1.807) is 0 Å². The zero-order valence-corrected chi connectivity index (χ0v) is 15.7. The van der Waals surface area contributed by atoms with Gasteiger partial charge in [0.05, 0.1) is 24.4 Å². The summed E-state index contributed by atoms with van der Waals surface area (Å²) in [5, 5.41) is 10.6. The molecule has 2 N–H and O–H groups in total. The van der Waals surface area contributed by atoms with E-state index in [-0.39, 0.29) is 11.4 Å². The third-order valence-electron chi connectivity index (χ3n) is 4.44. The Labute approximate surface area is 154 Å². The van der Waals surface area contributed by atoms with Gasteiger partial charge in [-0.05, 0) is 23.6 Å². The summed E-state index contributed by atoms with van der Waals surface area (Å²) < 4.78 is 10.9. The van der Waals surface area contributed by atoms with Gasteiger partial charge in [0.2, 0.25) is 5.91 Å². The smallest absolute Gasteiger partial charge is 0.221 e. The molecule has 0 bridgehead atoms. The van der Waals surface area contributed by atoms with Crippen LogP contribution in [0.1, 0.15) is 37.8 Å². The molecular formula is C20H27N3O3. The third kappa shape index (κ3) is 4.93. The summed E-state index contributed by atoms with van der Waals surface area (Å²) >= 11 is 0. The van der Waals surface area contributed by atoms with E-state index in [4.69, 9.17) is 9.26 Å². The molecule has 0 radical (unpaired) electrons. The molecule has 1 aromatic carbocycles. The maximum Gasteiger partial charge on any atom is 0.221 e. The molecule has 6 nitrogen and oxygen atoms in total. The molecule has 6 heteroatoms. The van der Waals surface area contributed by atoms with Crippen molar-refractivity contribution in [3.63, 3.8) is 0 Å². The molecule has 0 saturated carbocycles. The van der Waals surface area contributed by atoms with E-state index in [0.29, 0.717) is 19.1 Å². The fourth-order valence-corrected chi connectivity index (χ4v) is 3.10. The topological polar surface area (TPSA) is 76.4 Å². The Morgan fingerprint density at radius 1 is 1.27 bits per heavy atom. The normalized spacial score (nSPS) is 15.7. The molecule has 1 aliphatic heterocycles. The number of amides is 1. The van der Waals surface area contributed by atoms with Crippen LogP contribution in [0.4, 0.5) is 5.69 Å². The van der Waals surface area contributed by atoms with E-state index in [1.165, 1.54) is 6.92 Å². The molecule has 1 aliphatic rings. The molecule has 0 spiro atoms. The van der Waals surface area contributed by atoms with Gasteiger partial charge in [-0.25, -0.2) is 0 Å². The summed E-state index contributed by atoms with van der Waals surface area (Å²) in [4.78, 5) is 11.1. The Balaban J connectivity index is 1.56. The highest BCUT2D eigenvalue weighted by molar-refractivity contribution is 5.88. The van der Waals surface area contributed by atoms with E-state index >= 15 is 0 Å². The van der Waals surface area contributed by atoms with Crippen molar-refractivity contribution in [2.45, 2.75) is 45.7 Å². The number of benzene rings is 1. The molecule has 3 rings (SSSR count). The Morgan fingerprint density at radius 3 is 2.58 bits per heavy atom. The van der Waals surface area contributed by atoms with Gasteiger partial charge in [0.1, 0.15) is 5.76 Å². The number of hydrogen-bond acceptors (Lipinski definition) is 5. The van der Waals surface area contributed by atoms with Gasteiger partial charge in [0, 0.05) is 38.1 Å². The van der Waals surface area contributed by atoms with Crippen LogP contribution >= 0.6 is 0 Å². The zero-order chi connectivity index (χ0) is 18.6. The summed E-state index contributed by atoms with van der Waals surface area (Å²) in [6.45, 7) is 7.92. The molecular weight excluding hydrogens is 330 g/mol. The van der Waals surface area contributed by atoms with Gasteiger partial charge in [-0.3, -0.25) is 4.79 Å². The lowest BCUT2D eigenvalue weighted by Gasteiger charge is -2.42. The molecule has 0 aliphatic carbocycles. The summed E-state index contributed by atoms with van der Waals surface area (Å²) in [7, 11) is 0. The number of ether oxygens (including phenoxy) is 1. The van der Waals surface area contributed by atoms with Crippen LogP contribution in [0.15, 0.2) is 34.9 Å². The van der Waals surface area contributed by atoms with Crippen LogP contribution in [0.5, 0.6) is 0 Å². The van der Waals surface area contributed by atoms with E-state index < -0.39 is 0 Å². The third-order valence-corrected chi connectivity index (χ3v) is 4.44. The standard InChI is InChI=1S/C20H27N3O3/c1-14(2)8-19-9-18(23-26-19)10-20(12-25-13-20)21-11-16-4-6-17(7-5-16)22-15(3)24/h4-7,9,14,21H,8,10-13H2,1-3H3,(H,22,24). The van der Waals surface area contributed by atoms with Gasteiger partial charge in [-0.15, -0.1) is 0 Å². The van der Waals surface area contributed by atoms with Crippen molar-refractivity contribution in [3.05, 3.63) is 47.3 Å². The first-order chi connectivity index (χ1) is 12.4. The number of hydrogen-bond donors (Lipinski definition) is 2. The Hall–Kier alpha value is -2.18. The second-order valence-electron chi connectivity index (χ2n) is 7.56. The highest BCUT2D eigenvalue weighted by Crippen LogP contribution is 2.24. The second-order valence-corrected chi connectivity index (χ2v) is 7.56. The van der Waals surface area contributed by atoms with Crippen molar-refractivity contribution in [2.75, 3.05) is 18.5 Å². The molecule has 2 heterocycles. The molecule has 26 heavy (non-hydrogen) atoms. The minimum Gasteiger partial charge on any atom is -0.377 e. The van der Waals surface area contributed by atoms with Gasteiger partial charge in [-0.1, -0.05) is 31.1 Å². The lowest BCUT2D eigenvalue weighted by atomic mass is 9.90. The molecule has 1 fully saturated rings. The number of rotatable bonds is 8. The van der Waals surface area contributed by atoms with E-state index in [9.17, 15) is 4.79 Å². The van der Waals surface area contributed by atoms with Gasteiger partial charge >= 0.3 is 0 Å². The Kier molecular flexibility index (Phi) is 5.74. The number of nitrogens with zero attached hydrogens (tertiary/aromatic N) is 1. The molecule has 1 aromatic heterocycles. The maximum absolute atomic E-state index is 11.1. The largest absolute Gasteiger partial charge is 0.377 e. The van der Waals surface area contributed by atoms with Crippen LogP contribution in [0.3, 0.4) is 0 Å². The average molecular weight is 357 g/mol. The Morgan fingerprint density at radius 2 is 2.00 bits per heavy atom. The fraction of sp³-hybridized carbons (Fsp3) is 0.500. The number of nitrogens with one attached hydrogen (secondary N) is 2. The molecule has 2 aromatic rings. The summed E-state index contributed by atoms with van der Waals surface area (Å²) in [6, 6.07) is 9.92. The van der Waals surface area contributed by atoms with Crippen LogP contribution in [0.25, 0.3) is 0 Å².